The summed E-state index contributed by atoms with van der Waals surface area (Å²) < 4.78 is 5.20. The standard InChI is InChI=1S/C14H20N2O4/c1-10-11(6-8-20-10)9-15(2)14(19)16-7-4-3-5-12(16)13(17)18/h6,8,12H,3-5,7,9H2,1-2H3,(H,17,18). The minimum absolute atomic E-state index is 0.238. The summed E-state index contributed by atoms with van der Waals surface area (Å²) in [7, 11) is 1.68. The fourth-order valence-electron chi connectivity index (χ4n) is 2.53. The highest BCUT2D eigenvalue weighted by Gasteiger charge is 2.33. The highest BCUT2D eigenvalue weighted by molar-refractivity contribution is 5.82. The van der Waals surface area contributed by atoms with Crippen molar-refractivity contribution in [3.63, 3.8) is 0 Å². The zero-order chi connectivity index (χ0) is 14.7. The van der Waals surface area contributed by atoms with E-state index in [2.05, 4.69) is 0 Å². The molecule has 20 heavy (non-hydrogen) atoms. The number of carboxylic acid groups (broad SMARTS) is 1. The summed E-state index contributed by atoms with van der Waals surface area (Å²) in [4.78, 5) is 26.6. The number of aryl methyl sites for hydroxylation is 1. The summed E-state index contributed by atoms with van der Waals surface area (Å²) in [5.74, 6) is -0.149. The molecule has 1 aromatic rings. The fraction of sp³-hybridized carbons (Fsp3) is 0.571. The van der Waals surface area contributed by atoms with Gasteiger partial charge in [-0.25, -0.2) is 9.59 Å². The van der Waals surface area contributed by atoms with Crippen molar-refractivity contribution in [3.05, 3.63) is 23.7 Å². The van der Waals surface area contributed by atoms with Gasteiger partial charge in [0.1, 0.15) is 11.8 Å². The second kappa shape index (κ2) is 5.98. The van der Waals surface area contributed by atoms with Gasteiger partial charge in [-0.15, -0.1) is 0 Å². The van der Waals surface area contributed by atoms with Gasteiger partial charge in [0, 0.05) is 19.2 Å². The lowest BCUT2D eigenvalue weighted by molar-refractivity contribution is -0.143. The zero-order valence-corrected chi connectivity index (χ0v) is 11.8. The third-order valence-electron chi connectivity index (χ3n) is 3.73. The first-order valence-corrected chi connectivity index (χ1v) is 6.78. The zero-order valence-electron chi connectivity index (χ0n) is 11.8. The van der Waals surface area contributed by atoms with E-state index in [-0.39, 0.29) is 6.03 Å². The molecule has 0 bridgehead atoms. The molecule has 2 rings (SSSR count). The Balaban J connectivity index is 2.05. The van der Waals surface area contributed by atoms with Crippen molar-refractivity contribution < 1.29 is 19.1 Å². The lowest BCUT2D eigenvalue weighted by Crippen LogP contribution is -2.52. The first-order valence-electron chi connectivity index (χ1n) is 6.78. The molecule has 2 amide bonds. The van der Waals surface area contributed by atoms with Gasteiger partial charge in [-0.3, -0.25) is 0 Å². The minimum Gasteiger partial charge on any atom is -0.480 e. The van der Waals surface area contributed by atoms with E-state index >= 15 is 0 Å². The quantitative estimate of drug-likeness (QED) is 0.920. The maximum atomic E-state index is 12.4. The van der Waals surface area contributed by atoms with Crippen LogP contribution in [-0.2, 0) is 11.3 Å². The molecule has 6 heteroatoms. The van der Waals surface area contributed by atoms with Crippen LogP contribution in [-0.4, -0.2) is 46.5 Å². The number of carbonyl (C=O) groups excluding carboxylic acids is 1. The number of aliphatic carboxylic acids is 1. The van der Waals surface area contributed by atoms with Gasteiger partial charge in [0.05, 0.1) is 12.8 Å². The van der Waals surface area contributed by atoms with E-state index < -0.39 is 12.0 Å². The van der Waals surface area contributed by atoms with Gasteiger partial charge in [-0.2, -0.15) is 0 Å². The largest absolute Gasteiger partial charge is 0.480 e. The first-order chi connectivity index (χ1) is 9.50. The van der Waals surface area contributed by atoms with E-state index in [0.717, 1.165) is 24.2 Å². The Morgan fingerprint density at radius 2 is 2.25 bits per heavy atom. The molecule has 1 N–H and O–H groups in total. The predicted octanol–water partition coefficient (Wildman–Crippen LogP) is 2.08. The number of carboxylic acids is 1. The first kappa shape index (κ1) is 14.4. The van der Waals surface area contributed by atoms with Crippen LogP contribution in [0.5, 0.6) is 0 Å². The van der Waals surface area contributed by atoms with Gasteiger partial charge in [0.2, 0.25) is 0 Å². The Hall–Kier alpha value is -1.98. The van der Waals surface area contributed by atoms with Crippen LogP contribution >= 0.6 is 0 Å². The van der Waals surface area contributed by atoms with Gasteiger partial charge in [0.15, 0.2) is 0 Å². The minimum atomic E-state index is -0.925. The average Bonchev–Trinajstić information content (AvgIpc) is 2.83. The molecule has 0 radical (unpaired) electrons. The van der Waals surface area contributed by atoms with Gasteiger partial charge < -0.3 is 19.3 Å². The number of piperidine rings is 1. The van der Waals surface area contributed by atoms with Crippen LogP contribution in [0.15, 0.2) is 16.7 Å². The summed E-state index contributed by atoms with van der Waals surface area (Å²) in [6, 6.07) is 0.881. The summed E-state index contributed by atoms with van der Waals surface area (Å²) in [5.41, 5.74) is 0.935. The third-order valence-corrected chi connectivity index (χ3v) is 3.73. The molecule has 2 heterocycles. The lowest BCUT2D eigenvalue weighted by atomic mass is 10.0. The molecule has 1 saturated heterocycles. The molecule has 110 valence electrons. The smallest absolute Gasteiger partial charge is 0.326 e. The molecule has 6 nitrogen and oxygen atoms in total. The van der Waals surface area contributed by atoms with E-state index in [9.17, 15) is 14.7 Å². The second-order valence-electron chi connectivity index (χ2n) is 5.18. The van der Waals surface area contributed by atoms with E-state index in [1.165, 1.54) is 4.90 Å². The number of amides is 2. The molecular formula is C14H20N2O4. The summed E-state index contributed by atoms with van der Waals surface area (Å²) >= 11 is 0. The molecule has 0 aromatic carbocycles. The molecule has 1 aliphatic rings. The maximum absolute atomic E-state index is 12.4. The summed E-state index contributed by atoms with van der Waals surface area (Å²) in [6.45, 7) is 2.77. The number of carbonyl (C=O) groups is 2. The Morgan fingerprint density at radius 1 is 1.50 bits per heavy atom. The number of rotatable bonds is 3. The van der Waals surface area contributed by atoms with Gasteiger partial charge >= 0.3 is 12.0 Å². The summed E-state index contributed by atoms with van der Waals surface area (Å²) in [6.07, 6.45) is 3.82. The highest BCUT2D eigenvalue weighted by Crippen LogP contribution is 2.20. The van der Waals surface area contributed by atoms with E-state index in [1.54, 1.807) is 18.2 Å². The van der Waals surface area contributed by atoms with Crippen LogP contribution in [0, 0.1) is 6.92 Å². The van der Waals surface area contributed by atoms with Crippen LogP contribution in [0.4, 0.5) is 4.79 Å². The van der Waals surface area contributed by atoms with Crippen molar-refractivity contribution in [2.75, 3.05) is 13.6 Å². The van der Waals surface area contributed by atoms with Gasteiger partial charge in [-0.05, 0) is 32.3 Å². The molecular weight excluding hydrogens is 260 g/mol. The SMILES string of the molecule is Cc1occc1CN(C)C(=O)N1CCCCC1C(=O)O. The normalized spacial score (nSPS) is 18.9. The molecule has 1 fully saturated rings. The second-order valence-corrected chi connectivity index (χ2v) is 5.18. The topological polar surface area (TPSA) is 74.0 Å². The van der Waals surface area contributed by atoms with Crippen molar-refractivity contribution in [2.24, 2.45) is 0 Å². The Kier molecular flexibility index (Phi) is 4.32. The molecule has 1 atom stereocenters. The van der Waals surface area contributed by atoms with Crippen LogP contribution in [0.25, 0.3) is 0 Å². The highest BCUT2D eigenvalue weighted by atomic mass is 16.4. The lowest BCUT2D eigenvalue weighted by Gasteiger charge is -2.35. The maximum Gasteiger partial charge on any atom is 0.326 e. The van der Waals surface area contributed by atoms with Crippen molar-refractivity contribution >= 4 is 12.0 Å². The number of hydrogen-bond donors (Lipinski definition) is 1. The van der Waals surface area contributed by atoms with Crippen LogP contribution in [0.3, 0.4) is 0 Å². The molecule has 1 aliphatic heterocycles. The number of nitrogens with zero attached hydrogens (tertiary/aromatic N) is 2. The van der Waals surface area contributed by atoms with E-state index in [0.29, 0.717) is 19.5 Å². The molecule has 0 aliphatic carbocycles. The van der Waals surface area contributed by atoms with E-state index in [1.807, 2.05) is 13.0 Å². The number of furan rings is 1. The van der Waals surface area contributed by atoms with Gasteiger partial charge in [-0.1, -0.05) is 0 Å². The Morgan fingerprint density at radius 3 is 2.85 bits per heavy atom. The number of urea groups is 1. The van der Waals surface area contributed by atoms with Crippen molar-refractivity contribution in [1.82, 2.24) is 9.80 Å². The third kappa shape index (κ3) is 2.95. The predicted molar refractivity (Wildman–Crippen MR) is 72.3 cm³/mol. The monoisotopic (exact) mass is 280 g/mol. The van der Waals surface area contributed by atoms with Crippen LogP contribution in [0.2, 0.25) is 0 Å². The van der Waals surface area contributed by atoms with Crippen molar-refractivity contribution in [2.45, 2.75) is 38.8 Å². The number of likely N-dealkylation sites (tertiary alicyclic amines) is 1. The molecule has 1 aromatic heterocycles. The van der Waals surface area contributed by atoms with E-state index in [4.69, 9.17) is 4.42 Å². The molecule has 0 spiro atoms. The van der Waals surface area contributed by atoms with Crippen LogP contribution < -0.4 is 0 Å². The van der Waals surface area contributed by atoms with Crippen molar-refractivity contribution in [1.29, 1.82) is 0 Å². The number of hydrogen-bond acceptors (Lipinski definition) is 3. The molecule has 0 saturated carbocycles. The van der Waals surface area contributed by atoms with Gasteiger partial charge in [0.25, 0.3) is 0 Å². The van der Waals surface area contributed by atoms with Crippen molar-refractivity contribution in [3.8, 4) is 0 Å². The Labute approximate surface area is 118 Å². The Bertz CT molecular complexity index is 497. The van der Waals surface area contributed by atoms with Crippen LogP contribution in [0.1, 0.15) is 30.6 Å². The summed E-state index contributed by atoms with van der Waals surface area (Å²) in [5, 5.41) is 9.21. The molecule has 1 unspecified atom stereocenters. The fourth-order valence-corrected chi connectivity index (χ4v) is 2.53. The average molecular weight is 280 g/mol.